The van der Waals surface area contributed by atoms with Crippen molar-refractivity contribution in [1.29, 1.82) is 0 Å². The Hall–Kier alpha value is -2.53. The number of nitrogens with zero attached hydrogens (tertiary/aromatic N) is 2. The average molecular weight is 370 g/mol. The fourth-order valence-corrected chi connectivity index (χ4v) is 3.46. The zero-order valence-electron chi connectivity index (χ0n) is 14.5. The quantitative estimate of drug-likeness (QED) is 0.752. The van der Waals surface area contributed by atoms with Crippen molar-refractivity contribution in [3.05, 3.63) is 58.7 Å². The summed E-state index contributed by atoms with van der Waals surface area (Å²) in [4.78, 5) is 14.7. The Kier molecular flexibility index (Phi) is 4.55. The van der Waals surface area contributed by atoms with Crippen LogP contribution in [0.1, 0.15) is 28.9 Å². The van der Waals surface area contributed by atoms with Gasteiger partial charge in [0.25, 0.3) is 5.91 Å². The summed E-state index contributed by atoms with van der Waals surface area (Å²) >= 11 is 6.06. The second-order valence-corrected chi connectivity index (χ2v) is 7.12. The number of H-pyrrole nitrogens is 1. The number of benzene rings is 2. The summed E-state index contributed by atoms with van der Waals surface area (Å²) < 4.78 is 6.04. The Morgan fingerprint density at radius 2 is 1.92 bits per heavy atom. The number of rotatable bonds is 3. The van der Waals surface area contributed by atoms with Gasteiger partial charge in [0.05, 0.1) is 5.52 Å². The predicted octanol–water partition coefficient (Wildman–Crippen LogP) is 4.21. The van der Waals surface area contributed by atoms with Gasteiger partial charge in [0.2, 0.25) is 0 Å². The number of hydrogen-bond acceptors (Lipinski definition) is 3. The number of carbonyl (C=O) groups is 1. The maximum absolute atomic E-state index is 12.8. The van der Waals surface area contributed by atoms with Gasteiger partial charge < -0.3 is 9.64 Å². The van der Waals surface area contributed by atoms with E-state index in [1.807, 2.05) is 35.2 Å². The smallest absolute Gasteiger partial charge is 0.274 e. The Balaban J connectivity index is 1.41. The summed E-state index contributed by atoms with van der Waals surface area (Å²) in [6, 6.07) is 13.5. The summed E-state index contributed by atoms with van der Waals surface area (Å²) in [5.74, 6) is 0.820. The van der Waals surface area contributed by atoms with Crippen molar-refractivity contribution < 1.29 is 9.53 Å². The molecule has 0 spiro atoms. The van der Waals surface area contributed by atoms with Crippen molar-refractivity contribution in [1.82, 2.24) is 15.1 Å². The van der Waals surface area contributed by atoms with E-state index in [1.165, 1.54) is 5.56 Å². The van der Waals surface area contributed by atoms with Crippen LogP contribution in [0.15, 0.2) is 42.5 Å². The average Bonchev–Trinajstić information content (AvgIpc) is 3.06. The number of piperidine rings is 1. The third-order valence-electron chi connectivity index (χ3n) is 4.78. The summed E-state index contributed by atoms with van der Waals surface area (Å²) in [6.07, 6.45) is 1.75. The van der Waals surface area contributed by atoms with Gasteiger partial charge in [-0.3, -0.25) is 9.89 Å². The van der Waals surface area contributed by atoms with Gasteiger partial charge in [-0.25, -0.2) is 0 Å². The van der Waals surface area contributed by atoms with E-state index >= 15 is 0 Å². The SMILES string of the molecule is Cc1ccc(OC2CCN(C(=O)c3n[nH]c4ccc(Cl)cc34)CC2)cc1. The molecule has 0 radical (unpaired) electrons. The molecule has 1 N–H and O–H groups in total. The first-order chi connectivity index (χ1) is 12.6. The maximum atomic E-state index is 12.8. The van der Waals surface area contributed by atoms with Crippen molar-refractivity contribution in [2.45, 2.75) is 25.9 Å². The van der Waals surface area contributed by atoms with E-state index < -0.39 is 0 Å². The highest BCUT2D eigenvalue weighted by atomic mass is 35.5. The molecule has 1 amide bonds. The van der Waals surface area contributed by atoms with E-state index in [0.29, 0.717) is 23.8 Å². The molecule has 2 heterocycles. The molecule has 4 rings (SSSR count). The van der Waals surface area contributed by atoms with Crippen molar-refractivity contribution >= 4 is 28.4 Å². The van der Waals surface area contributed by atoms with Crippen molar-refractivity contribution in [3.8, 4) is 5.75 Å². The Morgan fingerprint density at radius 1 is 1.19 bits per heavy atom. The highest BCUT2D eigenvalue weighted by Crippen LogP contribution is 2.24. The minimum Gasteiger partial charge on any atom is -0.490 e. The third-order valence-corrected chi connectivity index (χ3v) is 5.02. The van der Waals surface area contributed by atoms with Gasteiger partial charge in [-0.2, -0.15) is 5.10 Å². The van der Waals surface area contributed by atoms with Crippen LogP contribution in [0.2, 0.25) is 5.02 Å². The third kappa shape index (κ3) is 3.40. The molecule has 0 bridgehead atoms. The van der Waals surface area contributed by atoms with Crippen LogP contribution in [0.3, 0.4) is 0 Å². The molecule has 0 atom stereocenters. The first kappa shape index (κ1) is 16.9. The van der Waals surface area contributed by atoms with E-state index in [-0.39, 0.29) is 12.0 Å². The van der Waals surface area contributed by atoms with Crippen LogP contribution >= 0.6 is 11.6 Å². The Bertz CT molecular complexity index is 928. The molecule has 0 saturated carbocycles. The fourth-order valence-electron chi connectivity index (χ4n) is 3.29. The Morgan fingerprint density at radius 3 is 2.65 bits per heavy atom. The number of likely N-dealkylation sites (tertiary alicyclic amines) is 1. The number of hydrogen-bond donors (Lipinski definition) is 1. The number of nitrogens with one attached hydrogen (secondary N) is 1. The van der Waals surface area contributed by atoms with Gasteiger partial charge >= 0.3 is 0 Å². The molecular weight excluding hydrogens is 350 g/mol. The fraction of sp³-hybridized carbons (Fsp3) is 0.300. The van der Waals surface area contributed by atoms with Crippen LogP contribution in [0, 0.1) is 6.92 Å². The zero-order chi connectivity index (χ0) is 18.1. The molecule has 3 aromatic rings. The summed E-state index contributed by atoms with van der Waals surface area (Å²) in [6.45, 7) is 3.37. The lowest BCUT2D eigenvalue weighted by Crippen LogP contribution is -2.42. The van der Waals surface area contributed by atoms with Gasteiger partial charge in [0.1, 0.15) is 11.9 Å². The van der Waals surface area contributed by atoms with Gasteiger partial charge in [-0.05, 0) is 37.3 Å². The van der Waals surface area contributed by atoms with Crippen molar-refractivity contribution in [3.63, 3.8) is 0 Å². The standard InChI is InChI=1S/C20H20ClN3O2/c1-13-2-5-15(6-3-13)26-16-8-10-24(11-9-16)20(25)19-17-12-14(21)4-7-18(17)22-23-19/h2-7,12,16H,8-11H2,1H3,(H,22,23). The predicted molar refractivity (Wildman–Crippen MR) is 102 cm³/mol. The molecule has 134 valence electrons. The lowest BCUT2D eigenvalue weighted by atomic mass is 10.1. The van der Waals surface area contributed by atoms with Crippen LogP contribution in [0.25, 0.3) is 10.9 Å². The summed E-state index contributed by atoms with van der Waals surface area (Å²) in [5.41, 5.74) is 2.46. The maximum Gasteiger partial charge on any atom is 0.274 e. The van der Waals surface area contributed by atoms with Crippen LogP contribution in [0.4, 0.5) is 0 Å². The molecule has 6 heteroatoms. The number of aryl methyl sites for hydroxylation is 1. The minimum atomic E-state index is -0.0627. The van der Waals surface area contributed by atoms with Crippen LogP contribution < -0.4 is 4.74 Å². The lowest BCUT2D eigenvalue weighted by Gasteiger charge is -2.31. The van der Waals surface area contributed by atoms with Gasteiger partial charge in [0, 0.05) is 36.3 Å². The highest BCUT2D eigenvalue weighted by Gasteiger charge is 2.27. The molecule has 0 unspecified atom stereocenters. The van der Waals surface area contributed by atoms with E-state index in [1.54, 1.807) is 12.1 Å². The number of aromatic nitrogens is 2. The molecule has 1 aromatic heterocycles. The van der Waals surface area contributed by atoms with Gasteiger partial charge in [-0.15, -0.1) is 0 Å². The van der Waals surface area contributed by atoms with Crippen LogP contribution in [-0.2, 0) is 0 Å². The molecule has 5 nitrogen and oxygen atoms in total. The first-order valence-corrected chi connectivity index (χ1v) is 9.14. The molecule has 26 heavy (non-hydrogen) atoms. The molecule has 1 aliphatic rings. The number of halogens is 1. The van der Waals surface area contributed by atoms with E-state index in [4.69, 9.17) is 16.3 Å². The van der Waals surface area contributed by atoms with Crippen molar-refractivity contribution in [2.75, 3.05) is 13.1 Å². The minimum absolute atomic E-state index is 0.0627. The lowest BCUT2D eigenvalue weighted by molar-refractivity contribution is 0.0592. The highest BCUT2D eigenvalue weighted by molar-refractivity contribution is 6.31. The monoisotopic (exact) mass is 369 g/mol. The number of carbonyl (C=O) groups excluding carboxylic acids is 1. The zero-order valence-corrected chi connectivity index (χ0v) is 15.3. The molecule has 1 fully saturated rings. The number of ether oxygens (including phenoxy) is 1. The normalized spacial score (nSPS) is 15.4. The number of fused-ring (bicyclic) bond motifs is 1. The largest absolute Gasteiger partial charge is 0.490 e. The molecule has 1 saturated heterocycles. The molecular formula is C20H20ClN3O2. The van der Waals surface area contributed by atoms with Crippen molar-refractivity contribution in [2.24, 2.45) is 0 Å². The van der Waals surface area contributed by atoms with E-state index in [2.05, 4.69) is 17.1 Å². The number of aromatic amines is 1. The van der Waals surface area contributed by atoms with E-state index in [9.17, 15) is 4.79 Å². The molecule has 1 aliphatic heterocycles. The second kappa shape index (κ2) is 7.00. The first-order valence-electron chi connectivity index (χ1n) is 8.76. The second-order valence-electron chi connectivity index (χ2n) is 6.68. The topological polar surface area (TPSA) is 58.2 Å². The van der Waals surface area contributed by atoms with Gasteiger partial charge in [0.15, 0.2) is 5.69 Å². The summed E-state index contributed by atoms with van der Waals surface area (Å²) in [5, 5.41) is 8.46. The van der Waals surface area contributed by atoms with E-state index in [0.717, 1.165) is 29.5 Å². The van der Waals surface area contributed by atoms with Crippen LogP contribution in [-0.4, -0.2) is 40.2 Å². The Labute approximate surface area is 156 Å². The van der Waals surface area contributed by atoms with Crippen LogP contribution in [0.5, 0.6) is 5.75 Å². The molecule has 0 aliphatic carbocycles. The summed E-state index contributed by atoms with van der Waals surface area (Å²) in [7, 11) is 0. The molecule has 2 aromatic carbocycles. The number of amides is 1. The van der Waals surface area contributed by atoms with Gasteiger partial charge in [-0.1, -0.05) is 29.3 Å².